The number of hydrogen-bond acceptors (Lipinski definition) is 6. The lowest BCUT2D eigenvalue weighted by Crippen LogP contribution is -2.40. The molecule has 27 heavy (non-hydrogen) atoms. The summed E-state index contributed by atoms with van der Waals surface area (Å²) in [5.41, 5.74) is -2.08. The Morgan fingerprint density at radius 1 is 1.00 bits per heavy atom. The Morgan fingerprint density at radius 2 is 1.48 bits per heavy atom. The Labute approximate surface area is 158 Å². The molecular formula is C16H23F2NO6S2. The van der Waals surface area contributed by atoms with Crippen molar-refractivity contribution in [2.45, 2.75) is 39.5 Å². The second-order valence-electron chi connectivity index (χ2n) is 5.78. The lowest BCUT2D eigenvalue weighted by Gasteiger charge is -2.25. The van der Waals surface area contributed by atoms with E-state index in [-0.39, 0.29) is 16.6 Å². The normalized spacial score (nSPS) is 12.0. The average Bonchev–Trinajstić information content (AvgIpc) is 2.60. The molecule has 0 aliphatic carbocycles. The van der Waals surface area contributed by atoms with E-state index in [0.29, 0.717) is 25.0 Å². The fraction of sp³-hybridized carbons (Fsp3) is 0.562. The van der Waals surface area contributed by atoms with Crippen LogP contribution in [0.1, 0.15) is 49.9 Å². The molecule has 0 amide bonds. The van der Waals surface area contributed by atoms with Crippen molar-refractivity contribution in [3.8, 4) is 0 Å². The number of methoxy groups -OCH3 is 1. The third kappa shape index (κ3) is 5.38. The number of rotatable bonds is 10. The van der Waals surface area contributed by atoms with Gasteiger partial charge in [-0.05, 0) is 25.0 Å². The van der Waals surface area contributed by atoms with E-state index >= 15 is 0 Å². The van der Waals surface area contributed by atoms with E-state index in [0.717, 1.165) is 7.11 Å². The van der Waals surface area contributed by atoms with Crippen molar-refractivity contribution < 1.29 is 35.1 Å². The first-order valence-electron chi connectivity index (χ1n) is 8.35. The number of unbranched alkanes of at least 4 members (excludes halogenated alkanes) is 2. The molecule has 0 aliphatic heterocycles. The molecule has 0 spiro atoms. The van der Waals surface area contributed by atoms with Crippen molar-refractivity contribution in [1.29, 1.82) is 0 Å². The molecule has 0 bridgehead atoms. The van der Waals surface area contributed by atoms with Crippen molar-refractivity contribution in [2.24, 2.45) is 0 Å². The molecule has 0 N–H and O–H groups in total. The molecule has 0 aliphatic rings. The molecule has 1 aromatic carbocycles. The first kappa shape index (κ1) is 23.3. The number of nitrogens with zero attached hydrogens (tertiary/aromatic N) is 1. The van der Waals surface area contributed by atoms with Gasteiger partial charge in [0, 0.05) is 0 Å². The molecule has 0 atom stereocenters. The van der Waals surface area contributed by atoms with Crippen LogP contribution in [0, 0.1) is 11.6 Å². The third-order valence-corrected chi connectivity index (χ3v) is 8.05. The molecule has 7 nitrogen and oxygen atoms in total. The van der Waals surface area contributed by atoms with Gasteiger partial charge in [0.05, 0.1) is 18.6 Å². The van der Waals surface area contributed by atoms with Gasteiger partial charge in [-0.15, -0.1) is 0 Å². The number of hydrogen-bond donors (Lipinski definition) is 0. The molecule has 0 saturated heterocycles. The third-order valence-electron chi connectivity index (χ3n) is 3.67. The lowest BCUT2D eigenvalue weighted by molar-refractivity contribution is 0.0590. The van der Waals surface area contributed by atoms with Gasteiger partial charge in [-0.3, -0.25) is 0 Å². The van der Waals surface area contributed by atoms with Gasteiger partial charge in [0.15, 0.2) is 5.82 Å². The summed E-state index contributed by atoms with van der Waals surface area (Å²) in [6.07, 6.45) is 1.21. The van der Waals surface area contributed by atoms with E-state index in [9.17, 15) is 30.4 Å². The number of carbonyl (C=O) groups excluding carboxylic acids is 1. The highest BCUT2D eigenvalue weighted by atomic mass is 32.3. The van der Waals surface area contributed by atoms with E-state index in [4.69, 9.17) is 0 Å². The van der Waals surface area contributed by atoms with Crippen molar-refractivity contribution in [2.75, 3.05) is 22.3 Å². The number of ether oxygens (including phenoxy) is 1. The van der Waals surface area contributed by atoms with Crippen molar-refractivity contribution >= 4 is 31.7 Å². The predicted molar refractivity (Wildman–Crippen MR) is 97.6 cm³/mol. The van der Waals surface area contributed by atoms with Gasteiger partial charge in [0.1, 0.15) is 17.1 Å². The van der Waals surface area contributed by atoms with Crippen LogP contribution in [0.25, 0.3) is 0 Å². The number of anilines is 1. The Kier molecular flexibility index (Phi) is 8.15. The quantitative estimate of drug-likeness (QED) is 0.533. The summed E-state index contributed by atoms with van der Waals surface area (Å²) in [5.74, 6) is -5.37. The highest BCUT2D eigenvalue weighted by molar-refractivity contribution is 8.10. The zero-order valence-corrected chi connectivity index (χ0v) is 17.0. The minimum Gasteiger partial charge on any atom is -0.465 e. The largest absolute Gasteiger partial charge is 0.465 e. The van der Waals surface area contributed by atoms with Crippen LogP contribution in [0.5, 0.6) is 0 Å². The van der Waals surface area contributed by atoms with Gasteiger partial charge in [0.25, 0.3) is 0 Å². The molecule has 0 aromatic heterocycles. The van der Waals surface area contributed by atoms with Crippen LogP contribution in [0.4, 0.5) is 14.5 Å². The number of esters is 1. The van der Waals surface area contributed by atoms with Crippen LogP contribution in [0.15, 0.2) is 12.1 Å². The van der Waals surface area contributed by atoms with Crippen LogP contribution in [-0.4, -0.2) is 41.4 Å². The standard InChI is InChI=1S/C16H23F2NO6S2/c1-4-6-10-26(21,22)19(27(23,24)11-7-5-2)13-9-8-12(17)14(15(13)18)16(20)25-3/h8-9H,4-7,10-11H2,1-3H3. The topological polar surface area (TPSA) is 97.8 Å². The van der Waals surface area contributed by atoms with Gasteiger partial charge >= 0.3 is 5.97 Å². The highest BCUT2D eigenvalue weighted by Crippen LogP contribution is 2.30. The molecule has 154 valence electrons. The minimum absolute atomic E-state index is 0.0213. The van der Waals surface area contributed by atoms with Gasteiger partial charge in [-0.25, -0.2) is 30.4 Å². The molecule has 11 heteroatoms. The average molecular weight is 427 g/mol. The number of sulfonamides is 2. The molecule has 0 fully saturated rings. The van der Waals surface area contributed by atoms with Gasteiger partial charge < -0.3 is 4.74 Å². The van der Waals surface area contributed by atoms with Crippen molar-refractivity contribution in [3.63, 3.8) is 0 Å². The Morgan fingerprint density at radius 3 is 1.89 bits per heavy atom. The summed E-state index contributed by atoms with van der Waals surface area (Å²) < 4.78 is 83.6. The molecule has 0 radical (unpaired) electrons. The molecule has 1 aromatic rings. The maximum atomic E-state index is 14.8. The Hall–Kier alpha value is -1.75. The van der Waals surface area contributed by atoms with E-state index < -0.39 is 60.4 Å². The minimum atomic E-state index is -4.48. The second kappa shape index (κ2) is 9.45. The Bertz CT molecular complexity index is 846. The molecule has 0 unspecified atom stereocenters. The van der Waals surface area contributed by atoms with Crippen LogP contribution in [-0.2, 0) is 24.8 Å². The first-order valence-corrected chi connectivity index (χ1v) is 11.6. The van der Waals surface area contributed by atoms with E-state index in [1.165, 1.54) is 0 Å². The van der Waals surface area contributed by atoms with Gasteiger partial charge in [-0.1, -0.05) is 26.7 Å². The number of benzene rings is 1. The van der Waals surface area contributed by atoms with E-state index in [1.807, 2.05) is 0 Å². The van der Waals surface area contributed by atoms with E-state index in [1.54, 1.807) is 13.8 Å². The first-order chi connectivity index (χ1) is 12.5. The summed E-state index contributed by atoms with van der Waals surface area (Å²) in [7, 11) is -8.07. The van der Waals surface area contributed by atoms with Gasteiger partial charge in [-0.2, -0.15) is 3.71 Å². The van der Waals surface area contributed by atoms with Crippen LogP contribution in [0.3, 0.4) is 0 Å². The summed E-state index contributed by atoms with van der Waals surface area (Å²) in [4.78, 5) is 11.7. The van der Waals surface area contributed by atoms with Crippen molar-refractivity contribution in [1.82, 2.24) is 0 Å². The second-order valence-corrected chi connectivity index (χ2v) is 9.89. The summed E-state index contributed by atoms with van der Waals surface area (Å²) in [6.45, 7) is 3.42. The lowest BCUT2D eigenvalue weighted by atomic mass is 10.2. The predicted octanol–water partition coefficient (Wildman–Crippen LogP) is 2.82. The highest BCUT2D eigenvalue weighted by Gasteiger charge is 2.37. The zero-order chi connectivity index (χ0) is 20.8. The summed E-state index contributed by atoms with van der Waals surface area (Å²) >= 11 is 0. The van der Waals surface area contributed by atoms with Crippen molar-refractivity contribution in [3.05, 3.63) is 29.3 Å². The molecular weight excluding hydrogens is 404 g/mol. The maximum absolute atomic E-state index is 14.8. The number of halogens is 2. The van der Waals surface area contributed by atoms with Crippen LogP contribution < -0.4 is 3.71 Å². The van der Waals surface area contributed by atoms with Crippen LogP contribution in [0.2, 0.25) is 0 Å². The zero-order valence-electron chi connectivity index (χ0n) is 15.4. The fourth-order valence-corrected chi connectivity index (χ4v) is 6.62. The molecule has 0 heterocycles. The molecule has 0 saturated carbocycles. The summed E-state index contributed by atoms with van der Waals surface area (Å²) in [6, 6.07) is 1.31. The fourth-order valence-electron chi connectivity index (χ4n) is 2.26. The van der Waals surface area contributed by atoms with Crippen LogP contribution >= 0.6 is 0 Å². The smallest absolute Gasteiger partial charge is 0.343 e. The monoisotopic (exact) mass is 427 g/mol. The molecule has 1 rings (SSSR count). The number of carbonyl (C=O) groups is 1. The Balaban J connectivity index is 3.69. The van der Waals surface area contributed by atoms with Gasteiger partial charge in [0.2, 0.25) is 20.0 Å². The SMILES string of the molecule is CCCCS(=O)(=O)N(c1ccc(F)c(C(=O)OC)c1F)S(=O)(=O)CCCC. The maximum Gasteiger partial charge on any atom is 0.343 e. The summed E-state index contributed by atoms with van der Waals surface area (Å²) in [5, 5.41) is 0. The van der Waals surface area contributed by atoms with E-state index in [2.05, 4.69) is 4.74 Å².